The zero-order valence-electron chi connectivity index (χ0n) is 14.6. The first-order chi connectivity index (χ1) is 13.6. The monoisotopic (exact) mass is 492 g/mol. The minimum atomic E-state index is 0.433. The summed E-state index contributed by atoms with van der Waals surface area (Å²) in [5.41, 5.74) is 1.09. The van der Waals surface area contributed by atoms with Gasteiger partial charge in [-0.05, 0) is 70.5 Å². The molecule has 0 N–H and O–H groups in total. The van der Waals surface area contributed by atoms with Crippen LogP contribution in [0.1, 0.15) is 10.4 Å². The fraction of sp³-hybridized carbons (Fsp3) is 0.0909. The van der Waals surface area contributed by atoms with E-state index in [0.717, 1.165) is 36.5 Å². The van der Waals surface area contributed by atoms with Gasteiger partial charge in [0.25, 0.3) is 0 Å². The van der Waals surface area contributed by atoms with Gasteiger partial charge in [-0.1, -0.05) is 35.3 Å². The SMILES string of the molecule is Clc1ccc(OCc2sc3ccc(Cl)cc3c2COc2ccccc2Br)cc1. The van der Waals surface area contributed by atoms with Gasteiger partial charge in [-0.15, -0.1) is 11.3 Å². The largest absolute Gasteiger partial charge is 0.488 e. The summed E-state index contributed by atoms with van der Waals surface area (Å²) in [5, 5.41) is 2.49. The summed E-state index contributed by atoms with van der Waals surface area (Å²) in [6.07, 6.45) is 0. The molecule has 4 aromatic rings. The first kappa shape index (κ1) is 19.6. The van der Waals surface area contributed by atoms with E-state index < -0.39 is 0 Å². The van der Waals surface area contributed by atoms with Crippen LogP contribution in [0, 0.1) is 0 Å². The molecule has 1 heterocycles. The lowest BCUT2D eigenvalue weighted by Gasteiger charge is -2.11. The second-order valence-electron chi connectivity index (χ2n) is 6.11. The van der Waals surface area contributed by atoms with Gasteiger partial charge >= 0.3 is 0 Å². The van der Waals surface area contributed by atoms with E-state index >= 15 is 0 Å². The maximum Gasteiger partial charge on any atom is 0.133 e. The predicted molar refractivity (Wildman–Crippen MR) is 121 cm³/mol. The van der Waals surface area contributed by atoms with Gasteiger partial charge in [0.1, 0.15) is 24.7 Å². The number of fused-ring (bicyclic) bond motifs is 1. The second-order valence-corrected chi connectivity index (χ2v) is 8.97. The van der Waals surface area contributed by atoms with Crippen molar-refractivity contribution in [3.05, 3.63) is 91.7 Å². The molecule has 0 spiro atoms. The minimum absolute atomic E-state index is 0.433. The van der Waals surface area contributed by atoms with Crippen molar-refractivity contribution in [3.63, 3.8) is 0 Å². The minimum Gasteiger partial charge on any atom is -0.488 e. The number of ether oxygens (including phenoxy) is 2. The second kappa shape index (κ2) is 8.75. The van der Waals surface area contributed by atoms with Crippen LogP contribution in [0.3, 0.4) is 0 Å². The highest BCUT2D eigenvalue weighted by Gasteiger charge is 2.15. The third kappa shape index (κ3) is 4.47. The summed E-state index contributed by atoms with van der Waals surface area (Å²) in [5.74, 6) is 1.58. The van der Waals surface area contributed by atoms with E-state index in [0.29, 0.717) is 23.3 Å². The summed E-state index contributed by atoms with van der Waals surface area (Å²) in [6, 6.07) is 21.1. The van der Waals surface area contributed by atoms with Gasteiger partial charge in [-0.25, -0.2) is 0 Å². The van der Waals surface area contributed by atoms with Crippen molar-refractivity contribution < 1.29 is 9.47 Å². The topological polar surface area (TPSA) is 18.5 Å². The zero-order valence-corrected chi connectivity index (χ0v) is 18.5. The zero-order chi connectivity index (χ0) is 19.5. The number of hydrogen-bond donors (Lipinski definition) is 0. The molecule has 0 unspecified atom stereocenters. The Morgan fingerprint density at radius 2 is 1.57 bits per heavy atom. The quantitative estimate of drug-likeness (QED) is 0.270. The van der Waals surface area contributed by atoms with E-state index in [1.165, 1.54) is 0 Å². The summed E-state index contributed by atoms with van der Waals surface area (Å²) < 4.78 is 14.1. The number of hydrogen-bond acceptors (Lipinski definition) is 3. The van der Waals surface area contributed by atoms with Crippen molar-refractivity contribution in [1.29, 1.82) is 0 Å². The fourth-order valence-electron chi connectivity index (χ4n) is 2.84. The molecule has 0 aliphatic rings. The van der Waals surface area contributed by atoms with Crippen LogP contribution in [0.5, 0.6) is 11.5 Å². The molecule has 4 rings (SSSR count). The molecule has 2 nitrogen and oxygen atoms in total. The van der Waals surface area contributed by atoms with E-state index in [-0.39, 0.29) is 0 Å². The molecule has 3 aromatic carbocycles. The molecular formula is C22H15BrCl2O2S. The van der Waals surface area contributed by atoms with E-state index in [4.69, 9.17) is 32.7 Å². The van der Waals surface area contributed by atoms with Crippen LogP contribution in [0.2, 0.25) is 10.0 Å². The Labute approximate surface area is 185 Å². The molecule has 0 saturated heterocycles. The van der Waals surface area contributed by atoms with Crippen molar-refractivity contribution >= 4 is 60.6 Å². The highest BCUT2D eigenvalue weighted by atomic mass is 79.9. The highest BCUT2D eigenvalue weighted by Crippen LogP contribution is 2.35. The Balaban J connectivity index is 1.62. The molecule has 0 radical (unpaired) electrons. The molecule has 0 amide bonds. The summed E-state index contributed by atoms with van der Waals surface area (Å²) in [7, 11) is 0. The van der Waals surface area contributed by atoms with Crippen LogP contribution in [-0.2, 0) is 13.2 Å². The highest BCUT2D eigenvalue weighted by molar-refractivity contribution is 9.10. The summed E-state index contributed by atoms with van der Waals surface area (Å²) >= 11 is 17.4. The van der Waals surface area contributed by atoms with Crippen LogP contribution in [-0.4, -0.2) is 0 Å². The number of benzene rings is 3. The molecule has 28 heavy (non-hydrogen) atoms. The van der Waals surface area contributed by atoms with Crippen molar-refractivity contribution in [2.75, 3.05) is 0 Å². The van der Waals surface area contributed by atoms with Crippen LogP contribution in [0.15, 0.2) is 71.2 Å². The number of halogens is 3. The first-order valence-electron chi connectivity index (χ1n) is 8.55. The summed E-state index contributed by atoms with van der Waals surface area (Å²) in [4.78, 5) is 1.11. The van der Waals surface area contributed by atoms with E-state index in [1.807, 2.05) is 66.7 Å². The van der Waals surface area contributed by atoms with Gasteiger partial charge in [0.05, 0.1) is 4.47 Å². The Kier molecular flexibility index (Phi) is 6.12. The maximum atomic E-state index is 6.24. The van der Waals surface area contributed by atoms with Crippen molar-refractivity contribution in [2.45, 2.75) is 13.2 Å². The normalized spacial score (nSPS) is 11.0. The van der Waals surface area contributed by atoms with Crippen LogP contribution in [0.4, 0.5) is 0 Å². The maximum absolute atomic E-state index is 6.24. The predicted octanol–water partition coefficient (Wildman–Crippen LogP) is 8.13. The third-order valence-corrected chi connectivity index (χ3v) is 6.56. The molecule has 0 atom stereocenters. The van der Waals surface area contributed by atoms with Crippen LogP contribution >= 0.6 is 50.5 Å². The van der Waals surface area contributed by atoms with Crippen LogP contribution < -0.4 is 9.47 Å². The van der Waals surface area contributed by atoms with Gasteiger partial charge in [0.2, 0.25) is 0 Å². The Bertz CT molecular complexity index is 1110. The third-order valence-electron chi connectivity index (χ3n) is 4.23. The van der Waals surface area contributed by atoms with E-state index in [2.05, 4.69) is 15.9 Å². The summed E-state index contributed by atoms with van der Waals surface area (Å²) in [6.45, 7) is 0.884. The lowest BCUT2D eigenvalue weighted by molar-refractivity contribution is 0.289. The lowest BCUT2D eigenvalue weighted by atomic mass is 10.1. The molecule has 0 aliphatic carbocycles. The van der Waals surface area contributed by atoms with Crippen molar-refractivity contribution in [1.82, 2.24) is 0 Å². The lowest BCUT2D eigenvalue weighted by Crippen LogP contribution is -2.01. The van der Waals surface area contributed by atoms with Gasteiger partial charge in [0, 0.05) is 30.6 Å². The smallest absolute Gasteiger partial charge is 0.133 e. The van der Waals surface area contributed by atoms with Crippen LogP contribution in [0.25, 0.3) is 10.1 Å². The number of rotatable bonds is 6. The molecule has 0 bridgehead atoms. The molecule has 1 aromatic heterocycles. The Morgan fingerprint density at radius 3 is 2.36 bits per heavy atom. The number of para-hydroxylation sites is 1. The van der Waals surface area contributed by atoms with Gasteiger partial charge in [0.15, 0.2) is 0 Å². The van der Waals surface area contributed by atoms with Crippen molar-refractivity contribution in [2.24, 2.45) is 0 Å². The molecule has 0 saturated carbocycles. The van der Waals surface area contributed by atoms with Crippen molar-refractivity contribution in [3.8, 4) is 11.5 Å². The fourth-order valence-corrected chi connectivity index (χ4v) is 4.64. The Hall–Kier alpha value is -1.72. The first-order valence-corrected chi connectivity index (χ1v) is 10.9. The molecule has 142 valence electrons. The Morgan fingerprint density at radius 1 is 0.821 bits per heavy atom. The molecule has 0 aliphatic heterocycles. The average Bonchev–Trinajstić information content (AvgIpc) is 3.03. The van der Waals surface area contributed by atoms with E-state index in [1.54, 1.807) is 11.3 Å². The van der Waals surface area contributed by atoms with Gasteiger partial charge in [-0.2, -0.15) is 0 Å². The van der Waals surface area contributed by atoms with E-state index in [9.17, 15) is 0 Å². The average molecular weight is 494 g/mol. The van der Waals surface area contributed by atoms with Gasteiger partial charge in [-0.3, -0.25) is 0 Å². The molecular weight excluding hydrogens is 479 g/mol. The van der Waals surface area contributed by atoms with Gasteiger partial charge < -0.3 is 9.47 Å². The number of thiophene rings is 1. The molecule has 0 fully saturated rings. The molecule has 6 heteroatoms. The standard InChI is InChI=1S/C22H15BrCl2O2S/c23-19-3-1-2-4-20(19)27-12-18-17-11-15(25)7-10-21(17)28-22(18)13-26-16-8-5-14(24)6-9-16/h1-11H,12-13H2.